The highest BCUT2D eigenvalue weighted by molar-refractivity contribution is 5.80. The first-order valence-corrected chi connectivity index (χ1v) is 7.18. The van der Waals surface area contributed by atoms with Crippen LogP contribution >= 0.6 is 0 Å². The SMILES string of the molecule is O=C(CN1CCCC1C(=O)O)NCCOc1ccc(F)cc1. The van der Waals surface area contributed by atoms with E-state index < -0.39 is 12.0 Å². The number of carbonyl (C=O) groups excluding carboxylic acids is 1. The summed E-state index contributed by atoms with van der Waals surface area (Å²) >= 11 is 0. The van der Waals surface area contributed by atoms with Crippen LogP contribution in [0.2, 0.25) is 0 Å². The Hall–Kier alpha value is -2.15. The van der Waals surface area contributed by atoms with Gasteiger partial charge in [0.25, 0.3) is 0 Å². The van der Waals surface area contributed by atoms with Gasteiger partial charge in [0.2, 0.25) is 5.91 Å². The summed E-state index contributed by atoms with van der Waals surface area (Å²) in [6.07, 6.45) is 1.37. The van der Waals surface area contributed by atoms with Crippen molar-refractivity contribution in [3.05, 3.63) is 30.1 Å². The highest BCUT2D eigenvalue weighted by Crippen LogP contribution is 2.16. The Kier molecular flexibility index (Phi) is 5.71. The summed E-state index contributed by atoms with van der Waals surface area (Å²) in [6, 6.07) is 5.06. The van der Waals surface area contributed by atoms with Crippen molar-refractivity contribution in [2.24, 2.45) is 0 Å². The molecular weight excluding hydrogens is 291 g/mol. The second-order valence-electron chi connectivity index (χ2n) is 5.12. The molecule has 0 bridgehead atoms. The molecule has 0 radical (unpaired) electrons. The average Bonchev–Trinajstić information content (AvgIpc) is 2.94. The molecule has 1 amide bonds. The number of benzene rings is 1. The molecule has 1 aliphatic heterocycles. The second kappa shape index (κ2) is 7.74. The first kappa shape index (κ1) is 16.2. The molecule has 2 N–H and O–H groups in total. The van der Waals surface area contributed by atoms with Gasteiger partial charge in [-0.25, -0.2) is 4.39 Å². The number of aliphatic carboxylic acids is 1. The van der Waals surface area contributed by atoms with Crippen LogP contribution in [0.5, 0.6) is 5.75 Å². The van der Waals surface area contributed by atoms with E-state index in [9.17, 15) is 14.0 Å². The van der Waals surface area contributed by atoms with Crippen molar-refractivity contribution < 1.29 is 23.8 Å². The number of amides is 1. The fraction of sp³-hybridized carbons (Fsp3) is 0.467. The maximum absolute atomic E-state index is 12.7. The molecule has 2 rings (SSSR count). The number of nitrogens with one attached hydrogen (secondary N) is 1. The van der Waals surface area contributed by atoms with E-state index in [0.29, 0.717) is 25.3 Å². The van der Waals surface area contributed by atoms with Crippen LogP contribution in [0.4, 0.5) is 4.39 Å². The predicted molar refractivity (Wildman–Crippen MR) is 77.1 cm³/mol. The summed E-state index contributed by atoms with van der Waals surface area (Å²) in [6.45, 7) is 1.27. The molecule has 1 saturated heterocycles. The first-order chi connectivity index (χ1) is 10.6. The van der Waals surface area contributed by atoms with E-state index in [1.165, 1.54) is 24.3 Å². The molecule has 6 nitrogen and oxygen atoms in total. The molecule has 0 saturated carbocycles. The molecule has 1 unspecified atom stereocenters. The Morgan fingerprint density at radius 3 is 2.77 bits per heavy atom. The number of hydrogen-bond acceptors (Lipinski definition) is 4. The number of nitrogens with zero attached hydrogens (tertiary/aromatic N) is 1. The highest BCUT2D eigenvalue weighted by Gasteiger charge is 2.31. The molecule has 1 aromatic carbocycles. The van der Waals surface area contributed by atoms with E-state index in [1.807, 2.05) is 0 Å². The molecule has 0 aliphatic carbocycles. The number of halogens is 1. The topological polar surface area (TPSA) is 78.9 Å². The van der Waals surface area contributed by atoms with Gasteiger partial charge in [-0.3, -0.25) is 14.5 Å². The third kappa shape index (κ3) is 4.70. The lowest BCUT2D eigenvalue weighted by Gasteiger charge is -2.20. The summed E-state index contributed by atoms with van der Waals surface area (Å²) < 4.78 is 18.1. The van der Waals surface area contributed by atoms with Gasteiger partial charge in [0.05, 0.1) is 13.1 Å². The number of carbonyl (C=O) groups is 2. The monoisotopic (exact) mass is 310 g/mol. The van der Waals surface area contributed by atoms with E-state index in [-0.39, 0.29) is 24.9 Å². The molecule has 1 aliphatic rings. The van der Waals surface area contributed by atoms with Gasteiger partial charge in [0.1, 0.15) is 24.2 Å². The van der Waals surface area contributed by atoms with Crippen molar-refractivity contribution in [2.45, 2.75) is 18.9 Å². The minimum Gasteiger partial charge on any atom is -0.492 e. The number of hydrogen-bond donors (Lipinski definition) is 2. The van der Waals surface area contributed by atoms with Crippen LogP contribution in [0.1, 0.15) is 12.8 Å². The highest BCUT2D eigenvalue weighted by atomic mass is 19.1. The molecule has 22 heavy (non-hydrogen) atoms. The zero-order valence-electron chi connectivity index (χ0n) is 12.1. The summed E-state index contributed by atoms with van der Waals surface area (Å²) in [5, 5.41) is 11.7. The van der Waals surface area contributed by atoms with Gasteiger partial charge in [-0.15, -0.1) is 0 Å². The summed E-state index contributed by atoms with van der Waals surface area (Å²) in [7, 11) is 0. The third-order valence-electron chi connectivity index (χ3n) is 3.50. The summed E-state index contributed by atoms with van der Waals surface area (Å²) in [4.78, 5) is 24.5. The van der Waals surface area contributed by atoms with Crippen LogP contribution < -0.4 is 10.1 Å². The Bertz CT molecular complexity index is 521. The van der Waals surface area contributed by atoms with Crippen molar-refractivity contribution in [3.63, 3.8) is 0 Å². The quantitative estimate of drug-likeness (QED) is 0.731. The van der Waals surface area contributed by atoms with Crippen LogP contribution in [-0.4, -0.2) is 54.2 Å². The van der Waals surface area contributed by atoms with Gasteiger partial charge >= 0.3 is 5.97 Å². The normalized spacial score (nSPS) is 18.1. The second-order valence-corrected chi connectivity index (χ2v) is 5.12. The Labute approximate surface area is 127 Å². The standard InChI is InChI=1S/C15H19FN2O4/c16-11-3-5-12(6-4-11)22-9-7-17-14(19)10-18-8-1-2-13(18)15(20)21/h3-6,13H,1-2,7-10H2,(H,17,19)(H,20,21). The smallest absolute Gasteiger partial charge is 0.320 e. The fourth-order valence-corrected chi connectivity index (χ4v) is 2.43. The molecule has 1 fully saturated rings. The van der Waals surface area contributed by atoms with Gasteiger partial charge in [-0.2, -0.15) is 0 Å². The average molecular weight is 310 g/mol. The number of likely N-dealkylation sites (tertiary alicyclic amines) is 1. The summed E-state index contributed by atoms with van der Waals surface area (Å²) in [5.74, 6) is -0.916. The van der Waals surface area contributed by atoms with E-state index in [1.54, 1.807) is 4.90 Å². The van der Waals surface area contributed by atoms with Crippen LogP contribution in [0.15, 0.2) is 24.3 Å². The van der Waals surface area contributed by atoms with Crippen LogP contribution in [0.3, 0.4) is 0 Å². The Balaban J connectivity index is 1.65. The maximum atomic E-state index is 12.7. The van der Waals surface area contributed by atoms with Crippen LogP contribution in [0, 0.1) is 5.82 Å². The third-order valence-corrected chi connectivity index (χ3v) is 3.50. The number of rotatable bonds is 7. The predicted octanol–water partition coefficient (Wildman–Crippen LogP) is 0.870. The number of carboxylic acids is 1. The minimum absolute atomic E-state index is 0.0769. The maximum Gasteiger partial charge on any atom is 0.320 e. The lowest BCUT2D eigenvalue weighted by Crippen LogP contribution is -2.43. The fourth-order valence-electron chi connectivity index (χ4n) is 2.43. The van der Waals surface area contributed by atoms with Gasteiger partial charge in [-0.1, -0.05) is 0 Å². The largest absolute Gasteiger partial charge is 0.492 e. The van der Waals surface area contributed by atoms with Crippen LogP contribution in [-0.2, 0) is 9.59 Å². The molecule has 1 aromatic rings. The van der Waals surface area contributed by atoms with Gasteiger partial charge < -0.3 is 15.2 Å². The van der Waals surface area contributed by atoms with Gasteiger partial charge in [0, 0.05) is 0 Å². The molecule has 0 spiro atoms. The Morgan fingerprint density at radius 1 is 1.36 bits per heavy atom. The number of ether oxygens (including phenoxy) is 1. The van der Waals surface area contributed by atoms with E-state index in [0.717, 1.165) is 6.42 Å². The van der Waals surface area contributed by atoms with Crippen LogP contribution in [0.25, 0.3) is 0 Å². The Morgan fingerprint density at radius 2 is 2.09 bits per heavy atom. The molecule has 120 valence electrons. The van der Waals surface area contributed by atoms with Gasteiger partial charge in [0.15, 0.2) is 0 Å². The summed E-state index contributed by atoms with van der Waals surface area (Å²) in [5.41, 5.74) is 0. The molecule has 1 atom stereocenters. The van der Waals surface area contributed by atoms with Crippen molar-refractivity contribution in [1.29, 1.82) is 0 Å². The van der Waals surface area contributed by atoms with Crippen molar-refractivity contribution >= 4 is 11.9 Å². The van der Waals surface area contributed by atoms with Crippen molar-refractivity contribution in [2.75, 3.05) is 26.2 Å². The number of carboxylic acid groups (broad SMARTS) is 1. The molecule has 1 heterocycles. The minimum atomic E-state index is -0.884. The zero-order valence-corrected chi connectivity index (χ0v) is 12.1. The van der Waals surface area contributed by atoms with E-state index in [2.05, 4.69) is 5.32 Å². The first-order valence-electron chi connectivity index (χ1n) is 7.18. The lowest BCUT2D eigenvalue weighted by molar-refractivity contribution is -0.142. The van der Waals surface area contributed by atoms with E-state index >= 15 is 0 Å². The van der Waals surface area contributed by atoms with Gasteiger partial charge in [-0.05, 0) is 43.7 Å². The molecule has 0 aromatic heterocycles. The van der Waals surface area contributed by atoms with Crippen molar-refractivity contribution in [3.8, 4) is 5.75 Å². The van der Waals surface area contributed by atoms with Crippen molar-refractivity contribution in [1.82, 2.24) is 10.2 Å². The lowest BCUT2D eigenvalue weighted by atomic mass is 10.2. The molecular formula is C15H19FN2O4. The zero-order chi connectivity index (χ0) is 15.9. The molecule has 7 heteroatoms. The van der Waals surface area contributed by atoms with E-state index in [4.69, 9.17) is 9.84 Å².